The van der Waals surface area contributed by atoms with Gasteiger partial charge in [0.05, 0.1) is 18.7 Å². The van der Waals surface area contributed by atoms with Crippen molar-refractivity contribution in [3.63, 3.8) is 0 Å². The molecule has 0 aromatic carbocycles. The molecule has 0 aromatic heterocycles. The van der Waals surface area contributed by atoms with E-state index in [2.05, 4.69) is 5.32 Å². The Labute approximate surface area is 125 Å². The number of β-amino-alcohol motifs (C(OH)–C–C–N with tert-alkyl or cyclic N) is 1. The van der Waals surface area contributed by atoms with Gasteiger partial charge in [0, 0.05) is 6.54 Å². The van der Waals surface area contributed by atoms with Crippen LogP contribution < -0.4 is 5.32 Å². The molecule has 2 amide bonds. The lowest BCUT2D eigenvalue weighted by Gasteiger charge is -2.24. The number of carbonyl (C=O) groups excluding carboxylic acids is 2. The van der Waals surface area contributed by atoms with Gasteiger partial charge in [0.25, 0.3) is 0 Å². The molecule has 0 spiro atoms. The predicted octanol–water partition coefficient (Wildman–Crippen LogP) is 1.49. The third-order valence-corrected chi connectivity index (χ3v) is 2.64. The molecule has 2 atom stereocenters. The number of carbonyl (C=O) groups is 2. The third-order valence-electron chi connectivity index (χ3n) is 2.64. The molecular weight excluding hydrogens is 276 g/mol. The average molecular weight is 302 g/mol. The van der Waals surface area contributed by atoms with Gasteiger partial charge in [-0.15, -0.1) is 0 Å². The Kier molecular flexibility index (Phi) is 5.09. The van der Waals surface area contributed by atoms with Gasteiger partial charge in [-0.25, -0.2) is 9.59 Å². The number of hydrogen-bond donors (Lipinski definition) is 2. The second-order valence-corrected chi connectivity index (χ2v) is 7.21. The SMILES string of the molecule is CC(C)(C)OC(=O)N[C@@H]1CN(C(=O)OC(C)(C)C)C[C@H]1O. The van der Waals surface area contributed by atoms with Crippen LogP contribution in [0, 0.1) is 0 Å². The van der Waals surface area contributed by atoms with Gasteiger partial charge in [-0.05, 0) is 41.5 Å². The van der Waals surface area contributed by atoms with Crippen LogP contribution in [-0.2, 0) is 9.47 Å². The fourth-order valence-electron chi connectivity index (χ4n) is 1.86. The van der Waals surface area contributed by atoms with Crippen LogP contribution in [0.15, 0.2) is 0 Å². The quantitative estimate of drug-likeness (QED) is 0.766. The molecule has 7 nitrogen and oxygen atoms in total. The van der Waals surface area contributed by atoms with E-state index in [4.69, 9.17) is 9.47 Å². The molecule has 1 aliphatic heterocycles. The minimum atomic E-state index is -0.843. The first-order valence-electron chi connectivity index (χ1n) is 7.03. The number of aliphatic hydroxyl groups is 1. The summed E-state index contributed by atoms with van der Waals surface area (Å²) in [7, 11) is 0. The van der Waals surface area contributed by atoms with E-state index < -0.39 is 35.5 Å². The first-order chi connectivity index (χ1) is 9.37. The summed E-state index contributed by atoms with van der Waals surface area (Å²) >= 11 is 0. The van der Waals surface area contributed by atoms with E-state index in [0.717, 1.165) is 0 Å². The highest BCUT2D eigenvalue weighted by atomic mass is 16.6. The van der Waals surface area contributed by atoms with Crippen molar-refractivity contribution in [1.82, 2.24) is 10.2 Å². The van der Waals surface area contributed by atoms with Gasteiger partial charge in [0.1, 0.15) is 11.2 Å². The topological polar surface area (TPSA) is 88.1 Å². The third kappa shape index (κ3) is 6.20. The van der Waals surface area contributed by atoms with E-state index in [1.54, 1.807) is 41.5 Å². The standard InChI is InChI=1S/C14H26N2O5/c1-13(2,3)20-11(18)15-9-7-16(8-10(9)17)12(19)21-14(4,5)6/h9-10,17H,7-8H2,1-6H3,(H,15,18)/t9-,10-/m1/s1. The largest absolute Gasteiger partial charge is 0.444 e. The lowest BCUT2D eigenvalue weighted by Crippen LogP contribution is -2.45. The molecule has 7 heteroatoms. The summed E-state index contributed by atoms with van der Waals surface area (Å²) in [4.78, 5) is 25.0. The Hall–Kier alpha value is -1.50. The van der Waals surface area contributed by atoms with Crippen LogP contribution in [0.4, 0.5) is 9.59 Å². The number of rotatable bonds is 1. The van der Waals surface area contributed by atoms with Crippen molar-refractivity contribution in [2.75, 3.05) is 13.1 Å². The fourth-order valence-corrected chi connectivity index (χ4v) is 1.86. The first-order valence-corrected chi connectivity index (χ1v) is 7.03. The van der Waals surface area contributed by atoms with Crippen molar-refractivity contribution in [3.05, 3.63) is 0 Å². The van der Waals surface area contributed by atoms with Crippen molar-refractivity contribution < 1.29 is 24.2 Å². The molecule has 0 aromatic rings. The lowest BCUT2D eigenvalue weighted by molar-refractivity contribution is 0.0268. The van der Waals surface area contributed by atoms with E-state index in [0.29, 0.717) is 0 Å². The molecule has 0 saturated carbocycles. The Balaban J connectivity index is 2.53. The summed E-state index contributed by atoms with van der Waals surface area (Å²) in [6.45, 7) is 10.9. The summed E-state index contributed by atoms with van der Waals surface area (Å²) in [6, 6.07) is -0.563. The molecule has 0 aliphatic carbocycles. The number of ether oxygens (including phenoxy) is 2. The predicted molar refractivity (Wildman–Crippen MR) is 77.0 cm³/mol. The Morgan fingerprint density at radius 1 is 1.05 bits per heavy atom. The number of amides is 2. The number of nitrogens with zero attached hydrogens (tertiary/aromatic N) is 1. The van der Waals surface area contributed by atoms with E-state index in [1.165, 1.54) is 4.90 Å². The average Bonchev–Trinajstić information content (AvgIpc) is 2.54. The van der Waals surface area contributed by atoms with Crippen LogP contribution in [0.2, 0.25) is 0 Å². The lowest BCUT2D eigenvalue weighted by atomic mass is 10.2. The maximum Gasteiger partial charge on any atom is 0.410 e. The first kappa shape index (κ1) is 17.6. The minimum Gasteiger partial charge on any atom is -0.444 e. The number of nitrogens with one attached hydrogen (secondary N) is 1. The maximum absolute atomic E-state index is 11.9. The summed E-state index contributed by atoms with van der Waals surface area (Å²) in [6.07, 6.45) is -1.96. The molecule has 21 heavy (non-hydrogen) atoms. The van der Waals surface area contributed by atoms with Crippen LogP contribution in [-0.4, -0.2) is 58.6 Å². The summed E-state index contributed by atoms with van der Waals surface area (Å²) < 4.78 is 10.4. The van der Waals surface area contributed by atoms with Crippen LogP contribution in [0.3, 0.4) is 0 Å². The molecule has 1 rings (SSSR count). The van der Waals surface area contributed by atoms with Crippen LogP contribution >= 0.6 is 0 Å². The van der Waals surface area contributed by atoms with Crippen molar-refractivity contribution >= 4 is 12.2 Å². The smallest absolute Gasteiger partial charge is 0.410 e. The van der Waals surface area contributed by atoms with E-state index in [9.17, 15) is 14.7 Å². The Bertz CT molecular complexity index is 397. The molecular formula is C14H26N2O5. The van der Waals surface area contributed by atoms with Gasteiger partial charge in [0.2, 0.25) is 0 Å². The molecule has 0 bridgehead atoms. The van der Waals surface area contributed by atoms with Crippen molar-refractivity contribution in [1.29, 1.82) is 0 Å². The highest BCUT2D eigenvalue weighted by molar-refractivity contribution is 5.70. The van der Waals surface area contributed by atoms with Crippen LogP contribution in [0.25, 0.3) is 0 Å². The molecule has 2 N–H and O–H groups in total. The molecule has 122 valence electrons. The zero-order valence-electron chi connectivity index (χ0n) is 13.6. The van der Waals surface area contributed by atoms with E-state index in [-0.39, 0.29) is 13.1 Å². The van der Waals surface area contributed by atoms with Gasteiger partial charge in [-0.1, -0.05) is 0 Å². The highest BCUT2D eigenvalue weighted by Gasteiger charge is 2.37. The summed E-state index contributed by atoms with van der Waals surface area (Å²) in [5.41, 5.74) is -1.21. The Morgan fingerprint density at radius 3 is 2.05 bits per heavy atom. The normalized spacial score (nSPS) is 22.9. The molecule has 0 radical (unpaired) electrons. The molecule has 1 fully saturated rings. The van der Waals surface area contributed by atoms with Gasteiger partial charge in [-0.3, -0.25) is 0 Å². The zero-order valence-corrected chi connectivity index (χ0v) is 13.6. The van der Waals surface area contributed by atoms with E-state index in [1.807, 2.05) is 0 Å². The van der Waals surface area contributed by atoms with Crippen molar-refractivity contribution in [2.24, 2.45) is 0 Å². The van der Waals surface area contributed by atoms with E-state index >= 15 is 0 Å². The monoisotopic (exact) mass is 302 g/mol. The molecule has 1 saturated heterocycles. The van der Waals surface area contributed by atoms with Gasteiger partial charge >= 0.3 is 12.2 Å². The maximum atomic E-state index is 11.9. The number of alkyl carbamates (subject to hydrolysis) is 1. The zero-order chi connectivity index (χ0) is 16.4. The molecule has 0 unspecified atom stereocenters. The second-order valence-electron chi connectivity index (χ2n) is 7.21. The summed E-state index contributed by atoms with van der Waals surface area (Å²) in [5, 5.41) is 12.5. The highest BCUT2D eigenvalue weighted by Crippen LogP contribution is 2.16. The molecule has 1 heterocycles. The Morgan fingerprint density at radius 2 is 1.57 bits per heavy atom. The minimum absolute atomic E-state index is 0.120. The van der Waals surface area contributed by atoms with Crippen molar-refractivity contribution in [2.45, 2.75) is 64.9 Å². The van der Waals surface area contributed by atoms with Gasteiger partial charge in [0.15, 0.2) is 0 Å². The van der Waals surface area contributed by atoms with Crippen molar-refractivity contribution in [3.8, 4) is 0 Å². The number of likely N-dealkylation sites (tertiary alicyclic amines) is 1. The second kappa shape index (κ2) is 6.09. The number of hydrogen-bond acceptors (Lipinski definition) is 5. The van der Waals surface area contributed by atoms with Gasteiger partial charge < -0.3 is 24.8 Å². The number of aliphatic hydroxyl groups excluding tert-OH is 1. The molecule has 1 aliphatic rings. The van der Waals surface area contributed by atoms with Gasteiger partial charge in [-0.2, -0.15) is 0 Å². The summed E-state index contributed by atoms with van der Waals surface area (Å²) in [5.74, 6) is 0. The van der Waals surface area contributed by atoms with Crippen LogP contribution in [0.1, 0.15) is 41.5 Å². The fraction of sp³-hybridized carbons (Fsp3) is 0.857. The van der Waals surface area contributed by atoms with Crippen LogP contribution in [0.5, 0.6) is 0 Å².